The minimum atomic E-state index is -1.36. The Bertz CT molecular complexity index is 5860. The number of para-hydroxylation sites is 1. The fourth-order valence-electron chi connectivity index (χ4n) is 15.3. The number of pyridine rings is 5. The largest absolute Gasteiger partial charge is 0.220 e. The van der Waals surface area contributed by atoms with Crippen LogP contribution in [-0.4, -0.2) is 0 Å². The molecule has 0 amide bonds. The maximum atomic E-state index is 8.54. The highest BCUT2D eigenvalue weighted by Crippen LogP contribution is 2.34. The maximum Gasteiger partial charge on any atom is 0.220 e. The van der Waals surface area contributed by atoms with Crippen LogP contribution in [0.3, 0.4) is 0 Å². The van der Waals surface area contributed by atoms with E-state index in [1.54, 1.807) is 0 Å². The lowest BCUT2D eigenvalue weighted by Crippen LogP contribution is -2.32. The normalized spacial score (nSPS) is 11.5. The predicted octanol–water partition coefficient (Wildman–Crippen LogP) is 22.5. The molecule has 524 valence electrons. The highest BCUT2D eigenvalue weighted by molar-refractivity contribution is 5.95. The quantitative estimate of drug-likeness (QED) is 0.142. The number of hydrogen-bond acceptors (Lipinski definition) is 0. The minimum Gasteiger partial charge on any atom is -0.200 e. The van der Waals surface area contributed by atoms with E-state index < -0.39 is 6.37 Å². The van der Waals surface area contributed by atoms with Crippen molar-refractivity contribution in [3.05, 3.63) is 326 Å². The molecule has 15 rings (SSSR count). The number of hydrogen-bond donors (Lipinski definition) is 0. The van der Waals surface area contributed by atoms with Crippen LogP contribution in [0.4, 0.5) is 0 Å². The minimum absolute atomic E-state index is 0.0836. The first-order chi connectivity index (χ1) is 50.5. The van der Waals surface area contributed by atoms with E-state index in [4.69, 9.17) is 2.74 Å². The highest BCUT2D eigenvalue weighted by Gasteiger charge is 2.24. The molecular formula is C99H108N5+5. The molecule has 0 aliphatic heterocycles. The molecular weight excluding hydrogens is 1260 g/mol. The summed E-state index contributed by atoms with van der Waals surface area (Å²) in [6.45, 7) is 36.6. The van der Waals surface area contributed by atoms with Crippen LogP contribution in [0.15, 0.2) is 237 Å². The van der Waals surface area contributed by atoms with Crippen LogP contribution in [0, 0.1) is 110 Å². The van der Waals surface area contributed by atoms with Gasteiger partial charge in [0, 0.05) is 84.3 Å². The van der Waals surface area contributed by atoms with Crippen LogP contribution in [0.25, 0.3) is 111 Å². The third-order valence-corrected chi connectivity index (χ3v) is 21.3. The Morgan fingerprint density at radius 2 is 0.683 bits per heavy atom. The van der Waals surface area contributed by atoms with Crippen LogP contribution >= 0.6 is 0 Å². The molecule has 0 fully saturated rings. The van der Waals surface area contributed by atoms with E-state index in [1.165, 1.54) is 177 Å². The molecule has 5 heterocycles. The zero-order chi connectivity index (χ0) is 76.3. The first kappa shape index (κ1) is 71.6. The molecule has 0 radical (unpaired) electrons. The van der Waals surface area contributed by atoms with Crippen LogP contribution in [-0.2, 0) is 41.6 Å². The van der Waals surface area contributed by atoms with Crippen LogP contribution in [0.5, 0.6) is 0 Å². The van der Waals surface area contributed by atoms with Crippen LogP contribution in [0.1, 0.15) is 106 Å². The van der Waals surface area contributed by atoms with Gasteiger partial charge < -0.3 is 0 Å². The summed E-state index contributed by atoms with van der Waals surface area (Å²) in [6, 6.07) is 80.2. The summed E-state index contributed by atoms with van der Waals surface area (Å²) < 4.78 is 28.3. The molecule has 5 aromatic heterocycles. The zero-order valence-electron chi connectivity index (χ0n) is 67.8. The number of aromatic nitrogens is 5. The Morgan fingerprint density at radius 1 is 0.288 bits per heavy atom. The van der Waals surface area contributed by atoms with E-state index in [1.807, 2.05) is 26.0 Å². The maximum absolute atomic E-state index is 8.54. The summed E-state index contributed by atoms with van der Waals surface area (Å²) >= 11 is 0. The molecule has 0 spiro atoms. The van der Waals surface area contributed by atoms with Gasteiger partial charge in [0.1, 0.15) is 35.2 Å². The molecule has 0 atom stereocenters. The van der Waals surface area contributed by atoms with E-state index >= 15 is 0 Å². The van der Waals surface area contributed by atoms with Crippen molar-refractivity contribution in [1.29, 1.82) is 0 Å². The van der Waals surface area contributed by atoms with Crippen molar-refractivity contribution in [3.8, 4) is 56.3 Å². The molecule has 0 saturated heterocycles. The molecule has 0 unspecified atom stereocenters. The van der Waals surface area contributed by atoms with Crippen molar-refractivity contribution >= 4 is 54.3 Å². The zero-order valence-corrected chi connectivity index (χ0v) is 65.8. The second-order valence-corrected chi connectivity index (χ2v) is 29.4. The van der Waals surface area contributed by atoms with E-state index in [2.05, 4.69) is 387 Å². The summed E-state index contributed by atoms with van der Waals surface area (Å²) in [5.74, 6) is -0.0836. The Hall–Kier alpha value is -10.8. The van der Waals surface area contributed by atoms with Crippen molar-refractivity contribution in [2.45, 2.75) is 124 Å². The lowest BCUT2D eigenvalue weighted by atomic mass is 9.95. The van der Waals surface area contributed by atoms with E-state index in [0.29, 0.717) is 0 Å². The lowest BCUT2D eigenvalue weighted by molar-refractivity contribution is -0.659. The van der Waals surface area contributed by atoms with Crippen molar-refractivity contribution < 1.29 is 25.6 Å². The van der Waals surface area contributed by atoms with Gasteiger partial charge in [0.25, 0.3) is 0 Å². The van der Waals surface area contributed by atoms with Crippen molar-refractivity contribution in [3.63, 3.8) is 0 Å². The van der Waals surface area contributed by atoms with E-state index in [-0.39, 0.29) is 5.92 Å². The first-order valence-electron chi connectivity index (χ1n) is 37.8. The molecule has 15 aromatic rings. The summed E-state index contributed by atoms with van der Waals surface area (Å²) in [7, 11) is 10.6. The summed E-state index contributed by atoms with van der Waals surface area (Å²) in [6.07, 6.45) is 2.92. The fraction of sp³-hybridized carbons (Fsp3) is 0.242. The van der Waals surface area contributed by atoms with Gasteiger partial charge >= 0.3 is 0 Å². The fourth-order valence-corrected chi connectivity index (χ4v) is 15.3. The number of fused-ring (bicyclic) bond motifs is 5. The van der Waals surface area contributed by atoms with Crippen LogP contribution in [0.2, 0.25) is 0 Å². The van der Waals surface area contributed by atoms with Crippen LogP contribution < -0.4 is 22.8 Å². The monoisotopic (exact) mass is 1370 g/mol. The molecule has 0 saturated carbocycles. The molecule has 104 heavy (non-hydrogen) atoms. The number of rotatable bonds is 7. The number of nitrogens with zero attached hydrogens (tertiary/aromatic N) is 5. The van der Waals surface area contributed by atoms with Gasteiger partial charge in [-0.2, -0.15) is 13.7 Å². The third-order valence-electron chi connectivity index (χ3n) is 21.3. The van der Waals surface area contributed by atoms with Gasteiger partial charge in [-0.15, -0.1) is 0 Å². The van der Waals surface area contributed by atoms with Crippen molar-refractivity contribution in [1.82, 2.24) is 0 Å². The van der Waals surface area contributed by atoms with Gasteiger partial charge in [-0.05, 0) is 254 Å². The van der Waals surface area contributed by atoms with Gasteiger partial charge in [-0.3, -0.25) is 0 Å². The molecule has 5 heteroatoms. The molecule has 10 aromatic carbocycles. The Labute approximate surface area is 623 Å². The van der Waals surface area contributed by atoms with Gasteiger partial charge in [0.2, 0.25) is 45.0 Å². The first-order valence-corrected chi connectivity index (χ1v) is 36.8. The summed E-state index contributed by atoms with van der Waals surface area (Å²) in [4.78, 5) is 0. The van der Waals surface area contributed by atoms with Crippen molar-refractivity contribution in [2.75, 3.05) is 0 Å². The Morgan fingerprint density at radius 3 is 1.21 bits per heavy atom. The Balaban J connectivity index is 0.000000133. The average molecular weight is 1370 g/mol. The Kier molecular flexibility index (Phi) is 22.0. The third kappa shape index (κ3) is 15.7. The van der Waals surface area contributed by atoms with E-state index in [9.17, 15) is 0 Å². The molecule has 0 N–H and O–H groups in total. The van der Waals surface area contributed by atoms with Crippen molar-refractivity contribution in [2.24, 2.45) is 41.2 Å². The van der Waals surface area contributed by atoms with Gasteiger partial charge in [0.05, 0.1) is 21.7 Å². The molecule has 0 aliphatic carbocycles. The average Bonchev–Trinajstić information content (AvgIpc) is 0.762. The molecule has 0 aliphatic rings. The summed E-state index contributed by atoms with van der Waals surface area (Å²) in [5, 5.41) is 8.83. The smallest absolute Gasteiger partial charge is 0.200 e. The number of aryl methyl sites for hydroxylation is 16. The standard InChI is InChI=1S/C23H28N.C21H24N.2C19H20N.C17H16N/c1-15(2)12-19-8-7-9-22-20(19)10-11-23(24(22)6)21-14-16(3)13-17(4)18(21)5;1-13-10-15(3)17(5)18(11-13)20-12-16(4)21-14(2)8-7-9-19(21)22(20)6;1-13-11-14(2)15(3)17(12-13)19-10-9-16-7-5-6-8-18(16)20(19)4;1-13-11-14(2)15(3)18(12-13)19-17-8-6-5-7-16(17)9-10-20(19)4;1-13-7-3-5-9-15(13)17-16-10-6-4-8-14(16)11-12-18(17)2/h7-11,13-15H,12H2,1-6H3;7-12H,1-6H3;2*5-12H,1-4H3;3-12H,1-2H3/q5*+1/i12D2;;;;. The molecule has 0 bridgehead atoms. The summed E-state index contributed by atoms with van der Waals surface area (Å²) in [5.41, 5.74) is 37.2. The van der Waals surface area contributed by atoms with E-state index in [0.717, 1.165) is 22.2 Å². The second kappa shape index (κ2) is 31.9. The number of benzene rings is 10. The van der Waals surface area contributed by atoms with Gasteiger partial charge in [-0.25, -0.2) is 9.13 Å². The molecule has 5 nitrogen and oxygen atoms in total. The van der Waals surface area contributed by atoms with Gasteiger partial charge in [0.15, 0.2) is 12.4 Å². The lowest BCUT2D eigenvalue weighted by Gasteiger charge is -2.12. The SMILES string of the molecule is Cc1cc(C)c(C)c(-c2c3ccccc3cc[n+]2C)c1.Cc1cc(C)c(C)c(-c2cc(C)c3c(C)cccc3[n+]2C)c1.Cc1cc(C)c(C)c(-c2ccc3ccccc3[n+]2C)c1.Cc1ccccc1-c1c2ccccc2cc[n+]1C.[2H]C([2H])(c1cccc2c1ccc(-c1cc(C)cc(C)c1C)[n+]2C)C(C)C. The van der Waals surface area contributed by atoms with Gasteiger partial charge in [-0.1, -0.05) is 151 Å². The predicted molar refractivity (Wildman–Crippen MR) is 442 cm³/mol. The highest BCUT2D eigenvalue weighted by atomic mass is 15.0. The topological polar surface area (TPSA) is 19.4 Å². The second-order valence-electron chi connectivity index (χ2n) is 29.4.